The van der Waals surface area contributed by atoms with Gasteiger partial charge in [-0.2, -0.15) is 5.10 Å². The summed E-state index contributed by atoms with van der Waals surface area (Å²) < 4.78 is 0. The quantitative estimate of drug-likeness (QED) is 0.506. The van der Waals surface area contributed by atoms with Crippen LogP contribution in [0, 0.1) is 0 Å². The van der Waals surface area contributed by atoms with Crippen molar-refractivity contribution in [2.75, 3.05) is 5.43 Å². The van der Waals surface area contributed by atoms with Crippen LogP contribution in [0.3, 0.4) is 0 Å². The first-order valence-electron chi connectivity index (χ1n) is 7.20. The number of H-pyrrole nitrogens is 1. The molecule has 4 aromatic rings. The van der Waals surface area contributed by atoms with Gasteiger partial charge in [-0.25, -0.2) is 0 Å². The molecular weight excluding hydrogens is 272 g/mol. The molecule has 0 saturated heterocycles. The second-order valence-corrected chi connectivity index (χ2v) is 5.38. The van der Waals surface area contributed by atoms with E-state index in [0.29, 0.717) is 0 Å². The van der Waals surface area contributed by atoms with E-state index < -0.39 is 0 Å². The zero-order chi connectivity index (χ0) is 14.5. The maximum absolute atomic E-state index is 4.43. The highest BCUT2D eigenvalue weighted by atomic mass is 15.3. The molecule has 0 amide bonds. The van der Waals surface area contributed by atoms with Gasteiger partial charge in [0.05, 0.1) is 16.7 Å². The van der Waals surface area contributed by atoms with Crippen LogP contribution >= 0.6 is 0 Å². The molecule has 0 fully saturated rings. The van der Waals surface area contributed by atoms with E-state index in [1.54, 1.807) is 6.21 Å². The van der Waals surface area contributed by atoms with Crippen LogP contribution in [0.25, 0.3) is 38.8 Å². The Balaban J connectivity index is 2.00. The molecule has 0 radical (unpaired) electrons. The van der Waals surface area contributed by atoms with Gasteiger partial charge in [0.15, 0.2) is 0 Å². The fourth-order valence-electron chi connectivity index (χ4n) is 3.18. The zero-order valence-electron chi connectivity index (χ0n) is 11.7. The van der Waals surface area contributed by atoms with Gasteiger partial charge in [0.25, 0.3) is 0 Å². The smallest absolute Gasteiger partial charge is 0.0734 e. The molecule has 1 aliphatic heterocycles. The molecule has 5 rings (SSSR count). The summed E-state index contributed by atoms with van der Waals surface area (Å²) in [7, 11) is 0. The summed E-state index contributed by atoms with van der Waals surface area (Å²) in [6, 6.07) is 12.5. The van der Waals surface area contributed by atoms with Gasteiger partial charge in [-0.1, -0.05) is 12.1 Å². The van der Waals surface area contributed by atoms with Gasteiger partial charge < -0.3 is 4.98 Å². The first-order valence-corrected chi connectivity index (χ1v) is 7.20. The number of rotatable bonds is 0. The lowest BCUT2D eigenvalue weighted by Gasteiger charge is -2.06. The van der Waals surface area contributed by atoms with Crippen LogP contribution in [0.5, 0.6) is 0 Å². The number of hydrogen-bond donors (Lipinski definition) is 2. The van der Waals surface area contributed by atoms with Crippen molar-refractivity contribution in [3.63, 3.8) is 0 Å². The van der Waals surface area contributed by atoms with E-state index in [1.165, 1.54) is 10.8 Å². The topological polar surface area (TPSA) is 53.1 Å². The van der Waals surface area contributed by atoms with Gasteiger partial charge in [-0.3, -0.25) is 10.4 Å². The normalized spacial score (nSPS) is 13.5. The largest absolute Gasteiger partial charge is 0.354 e. The van der Waals surface area contributed by atoms with Gasteiger partial charge in [0.2, 0.25) is 0 Å². The fraction of sp³-hybridized carbons (Fsp3) is 0. The molecule has 2 aromatic carbocycles. The highest BCUT2D eigenvalue weighted by Gasteiger charge is 2.14. The molecule has 0 saturated carbocycles. The van der Waals surface area contributed by atoms with Crippen molar-refractivity contribution in [1.82, 2.24) is 9.97 Å². The lowest BCUT2D eigenvalue weighted by atomic mass is 10.0. The van der Waals surface area contributed by atoms with Gasteiger partial charge in [-0.05, 0) is 36.4 Å². The molecule has 0 unspecified atom stereocenters. The van der Waals surface area contributed by atoms with Crippen molar-refractivity contribution in [2.24, 2.45) is 5.10 Å². The number of allylic oxidation sites excluding steroid dienone is 1. The van der Waals surface area contributed by atoms with E-state index >= 15 is 0 Å². The minimum Gasteiger partial charge on any atom is -0.354 e. The summed E-state index contributed by atoms with van der Waals surface area (Å²) in [5.41, 5.74) is 8.56. The van der Waals surface area contributed by atoms with Gasteiger partial charge >= 0.3 is 0 Å². The average molecular weight is 284 g/mol. The second kappa shape index (κ2) is 4.18. The molecule has 0 atom stereocenters. The number of hydrazone groups is 1. The third kappa shape index (κ3) is 1.46. The number of anilines is 1. The van der Waals surface area contributed by atoms with Crippen LogP contribution in [0.1, 0.15) is 5.56 Å². The van der Waals surface area contributed by atoms with Crippen molar-refractivity contribution in [2.45, 2.75) is 0 Å². The molecule has 2 aromatic heterocycles. The van der Waals surface area contributed by atoms with E-state index in [9.17, 15) is 0 Å². The number of fused-ring (bicyclic) bond motifs is 7. The number of nitrogens with zero attached hydrogens (tertiary/aromatic N) is 2. The van der Waals surface area contributed by atoms with Crippen LogP contribution < -0.4 is 5.43 Å². The number of hydrogen-bond acceptors (Lipinski definition) is 3. The minimum absolute atomic E-state index is 0.999. The Morgan fingerprint density at radius 3 is 2.95 bits per heavy atom. The third-order valence-corrected chi connectivity index (χ3v) is 4.16. The highest BCUT2D eigenvalue weighted by molar-refractivity contribution is 6.21. The summed E-state index contributed by atoms with van der Waals surface area (Å²) >= 11 is 0. The molecule has 0 spiro atoms. The minimum atomic E-state index is 0.999. The van der Waals surface area contributed by atoms with Crippen LogP contribution in [0.15, 0.2) is 53.8 Å². The maximum atomic E-state index is 4.43. The maximum Gasteiger partial charge on any atom is 0.0734 e. The Hall–Kier alpha value is -3.14. The molecule has 1 aliphatic rings. The molecule has 0 aliphatic carbocycles. The van der Waals surface area contributed by atoms with E-state index in [4.69, 9.17) is 0 Å². The van der Waals surface area contributed by atoms with Crippen LogP contribution in [0.4, 0.5) is 5.69 Å². The standard InChI is InChI=1S/C18H12N4/c1-3-11-5-7-15-16(17(11)22-20-10-1)13-6-8-14-12(18(13)21-15)4-2-9-19-14/h1-10,21-22H. The van der Waals surface area contributed by atoms with Gasteiger partial charge in [0.1, 0.15) is 0 Å². The third-order valence-electron chi connectivity index (χ3n) is 4.16. The summed E-state index contributed by atoms with van der Waals surface area (Å²) in [4.78, 5) is 7.97. The first kappa shape index (κ1) is 11.5. The van der Waals surface area contributed by atoms with Gasteiger partial charge in [-0.15, -0.1) is 0 Å². The predicted molar refractivity (Wildman–Crippen MR) is 92.3 cm³/mol. The highest BCUT2D eigenvalue weighted by Crippen LogP contribution is 2.37. The Bertz CT molecular complexity index is 1100. The van der Waals surface area contributed by atoms with E-state index in [0.717, 1.165) is 33.2 Å². The zero-order valence-corrected chi connectivity index (χ0v) is 11.7. The monoisotopic (exact) mass is 284 g/mol. The SMILES string of the molecule is C1=Cc2ccc3[nH]c4c5cccnc5ccc4c3c2NN=C1. The second-order valence-electron chi connectivity index (χ2n) is 5.38. The van der Waals surface area contributed by atoms with Gasteiger partial charge in [0, 0.05) is 39.7 Å². The van der Waals surface area contributed by atoms with Crippen LogP contribution in [0.2, 0.25) is 0 Å². The molecule has 3 heterocycles. The molecule has 2 N–H and O–H groups in total. The molecule has 104 valence electrons. The lowest BCUT2D eigenvalue weighted by Crippen LogP contribution is -1.90. The molecule has 4 nitrogen and oxygen atoms in total. The van der Waals surface area contributed by atoms with Crippen LogP contribution in [-0.2, 0) is 0 Å². The average Bonchev–Trinajstić information content (AvgIpc) is 2.78. The fourth-order valence-corrected chi connectivity index (χ4v) is 3.18. The number of aromatic amines is 1. The Labute approximate surface area is 126 Å². The summed E-state index contributed by atoms with van der Waals surface area (Å²) in [5, 5.41) is 7.71. The number of benzene rings is 2. The Morgan fingerprint density at radius 2 is 1.95 bits per heavy atom. The van der Waals surface area contributed by atoms with Crippen molar-refractivity contribution in [1.29, 1.82) is 0 Å². The Morgan fingerprint density at radius 1 is 0.955 bits per heavy atom. The number of nitrogens with one attached hydrogen (secondary N) is 2. The summed E-state index contributed by atoms with van der Waals surface area (Å²) in [6.07, 6.45) is 7.60. The molecule has 4 heteroatoms. The lowest BCUT2D eigenvalue weighted by molar-refractivity contribution is 1.37. The Kier molecular flexibility index (Phi) is 2.19. The molecule has 0 bridgehead atoms. The van der Waals surface area contributed by atoms with Crippen molar-refractivity contribution in [3.8, 4) is 0 Å². The van der Waals surface area contributed by atoms with Crippen molar-refractivity contribution in [3.05, 3.63) is 54.2 Å². The molecular formula is C18H12N4. The number of aromatic nitrogens is 2. The first-order chi connectivity index (χ1) is 10.9. The van der Waals surface area contributed by atoms with Crippen molar-refractivity contribution < 1.29 is 0 Å². The predicted octanol–water partition coefficient (Wildman–Crippen LogP) is 4.29. The van der Waals surface area contributed by atoms with Crippen molar-refractivity contribution >= 4 is 50.7 Å². The molecule has 22 heavy (non-hydrogen) atoms. The summed E-state index contributed by atoms with van der Waals surface area (Å²) in [6.45, 7) is 0. The summed E-state index contributed by atoms with van der Waals surface area (Å²) in [5.74, 6) is 0. The number of pyridine rings is 1. The van der Waals surface area contributed by atoms with E-state index in [-0.39, 0.29) is 0 Å². The van der Waals surface area contributed by atoms with E-state index in [2.05, 4.69) is 56.9 Å². The van der Waals surface area contributed by atoms with E-state index in [1.807, 2.05) is 18.3 Å². The van der Waals surface area contributed by atoms with Crippen LogP contribution in [-0.4, -0.2) is 16.2 Å².